The summed E-state index contributed by atoms with van der Waals surface area (Å²) in [5, 5.41) is 6.00. The van der Waals surface area contributed by atoms with Crippen molar-refractivity contribution < 1.29 is 23.9 Å². The van der Waals surface area contributed by atoms with Crippen molar-refractivity contribution >= 4 is 41.1 Å². The molecule has 0 aliphatic heterocycles. The van der Waals surface area contributed by atoms with E-state index in [1.807, 2.05) is 45.0 Å². The fourth-order valence-electron chi connectivity index (χ4n) is 4.99. The molecule has 0 aromatic heterocycles. The molecule has 222 valence electrons. The van der Waals surface area contributed by atoms with Crippen LogP contribution < -0.4 is 16.4 Å². The highest BCUT2D eigenvalue weighted by atomic mass is 35.5. The first-order valence-electron chi connectivity index (χ1n) is 13.9. The maximum absolute atomic E-state index is 14.4. The first-order chi connectivity index (χ1) is 19.2. The number of primary amides is 1. The third-order valence-corrected chi connectivity index (χ3v) is 7.52. The van der Waals surface area contributed by atoms with Crippen LogP contribution in [0.3, 0.4) is 0 Å². The number of nitrogens with one attached hydrogen (secondary N) is 2. The number of alkyl carbamates (subject to hydrolysis) is 1. The molecule has 4 N–H and O–H groups in total. The third kappa shape index (κ3) is 8.22. The van der Waals surface area contributed by atoms with Crippen LogP contribution in [0.25, 0.3) is 0 Å². The Morgan fingerprint density at radius 1 is 1.02 bits per heavy atom. The lowest BCUT2D eigenvalue weighted by atomic mass is 9.86. The summed E-state index contributed by atoms with van der Waals surface area (Å²) in [6.45, 7) is 10.8. The number of ether oxygens (including phenoxy) is 1. The Morgan fingerprint density at radius 3 is 2.12 bits per heavy atom. The predicted molar refractivity (Wildman–Crippen MR) is 160 cm³/mol. The van der Waals surface area contributed by atoms with Gasteiger partial charge in [0.25, 0.3) is 5.91 Å². The number of hydrogen-bond donors (Lipinski definition) is 3. The van der Waals surface area contributed by atoms with Crippen LogP contribution in [0.2, 0.25) is 5.02 Å². The third-order valence-electron chi connectivity index (χ3n) is 7.20. The van der Waals surface area contributed by atoms with Crippen molar-refractivity contribution in [3.8, 4) is 0 Å². The Kier molecular flexibility index (Phi) is 10.4. The lowest BCUT2D eigenvalue weighted by Gasteiger charge is -2.44. The quantitative estimate of drug-likeness (QED) is 0.340. The molecule has 10 heteroatoms. The summed E-state index contributed by atoms with van der Waals surface area (Å²) in [5.41, 5.74) is 8.23. The highest BCUT2D eigenvalue weighted by Gasteiger charge is 2.43. The summed E-state index contributed by atoms with van der Waals surface area (Å²) in [6, 6.07) is 8.61. The van der Waals surface area contributed by atoms with Gasteiger partial charge in [-0.25, -0.2) is 4.79 Å². The SMILES string of the molecule is Cc1cccc(Cl)c1NC(=O)C(c1c(C)cccc1C)N(C(=O)C(CCC(N)=O)NC(=O)OC(C)(C)C)C1CCC1. The van der Waals surface area contributed by atoms with Crippen LogP contribution >= 0.6 is 11.6 Å². The van der Waals surface area contributed by atoms with E-state index in [0.29, 0.717) is 29.1 Å². The molecule has 0 spiro atoms. The van der Waals surface area contributed by atoms with Gasteiger partial charge in [-0.2, -0.15) is 0 Å². The molecule has 41 heavy (non-hydrogen) atoms. The second-order valence-corrected chi connectivity index (χ2v) is 12.1. The molecule has 2 aromatic rings. The van der Waals surface area contributed by atoms with Crippen LogP contribution in [0.1, 0.15) is 81.2 Å². The van der Waals surface area contributed by atoms with Crippen molar-refractivity contribution in [1.29, 1.82) is 0 Å². The molecule has 1 aliphatic rings. The number of carbonyl (C=O) groups excluding carboxylic acids is 4. The molecule has 2 unspecified atom stereocenters. The molecule has 0 saturated heterocycles. The van der Waals surface area contributed by atoms with Gasteiger partial charge in [-0.1, -0.05) is 41.9 Å². The lowest BCUT2D eigenvalue weighted by Crippen LogP contribution is -2.57. The van der Waals surface area contributed by atoms with Crippen molar-refractivity contribution in [1.82, 2.24) is 10.2 Å². The zero-order chi connectivity index (χ0) is 30.5. The number of rotatable bonds is 10. The van der Waals surface area contributed by atoms with Crippen LogP contribution in [0.5, 0.6) is 0 Å². The molecular formula is C31H41ClN4O5. The van der Waals surface area contributed by atoms with Crippen molar-refractivity contribution in [3.05, 3.63) is 63.7 Å². The number of halogens is 1. The zero-order valence-electron chi connectivity index (χ0n) is 24.7. The lowest BCUT2D eigenvalue weighted by molar-refractivity contribution is -0.146. The number of benzene rings is 2. The molecular weight excluding hydrogens is 544 g/mol. The van der Waals surface area contributed by atoms with E-state index in [1.165, 1.54) is 0 Å². The summed E-state index contributed by atoms with van der Waals surface area (Å²) >= 11 is 6.46. The second-order valence-electron chi connectivity index (χ2n) is 11.7. The maximum atomic E-state index is 14.4. The predicted octanol–water partition coefficient (Wildman–Crippen LogP) is 5.48. The Bertz CT molecular complexity index is 1260. The van der Waals surface area contributed by atoms with Gasteiger partial charge in [-0.05, 0) is 95.5 Å². The molecule has 0 heterocycles. The summed E-state index contributed by atoms with van der Waals surface area (Å²) in [5.74, 6) is -1.52. The van der Waals surface area contributed by atoms with Gasteiger partial charge in [0.05, 0.1) is 10.7 Å². The topological polar surface area (TPSA) is 131 Å². The number of aryl methyl sites for hydroxylation is 3. The van der Waals surface area contributed by atoms with E-state index < -0.39 is 41.5 Å². The average molecular weight is 585 g/mol. The van der Waals surface area contributed by atoms with Gasteiger partial charge in [0.1, 0.15) is 17.7 Å². The van der Waals surface area contributed by atoms with Gasteiger partial charge in [-0.3, -0.25) is 14.4 Å². The normalized spacial score (nSPS) is 14.8. The minimum Gasteiger partial charge on any atom is -0.444 e. The number of amides is 4. The highest BCUT2D eigenvalue weighted by Crippen LogP contribution is 2.37. The zero-order valence-corrected chi connectivity index (χ0v) is 25.4. The van der Waals surface area contributed by atoms with Gasteiger partial charge in [0.2, 0.25) is 11.8 Å². The Morgan fingerprint density at radius 2 is 1.61 bits per heavy atom. The highest BCUT2D eigenvalue weighted by molar-refractivity contribution is 6.34. The van der Waals surface area contributed by atoms with Gasteiger partial charge < -0.3 is 26.0 Å². The Labute approximate surface area is 247 Å². The molecule has 2 aromatic carbocycles. The van der Waals surface area contributed by atoms with Gasteiger partial charge in [0.15, 0.2) is 0 Å². The van der Waals surface area contributed by atoms with E-state index in [4.69, 9.17) is 22.1 Å². The molecule has 4 amide bonds. The van der Waals surface area contributed by atoms with E-state index >= 15 is 0 Å². The minimum absolute atomic E-state index is 0.0403. The van der Waals surface area contributed by atoms with Gasteiger partial charge in [-0.15, -0.1) is 0 Å². The first kappa shape index (κ1) is 31.9. The van der Waals surface area contributed by atoms with Crippen molar-refractivity contribution in [3.63, 3.8) is 0 Å². The summed E-state index contributed by atoms with van der Waals surface area (Å²) in [7, 11) is 0. The molecule has 2 atom stereocenters. The second kappa shape index (κ2) is 13.4. The number of nitrogens with two attached hydrogens (primary N) is 1. The molecule has 0 radical (unpaired) electrons. The largest absolute Gasteiger partial charge is 0.444 e. The van der Waals surface area contributed by atoms with Crippen LogP contribution in [0.15, 0.2) is 36.4 Å². The smallest absolute Gasteiger partial charge is 0.408 e. The fourth-order valence-corrected chi connectivity index (χ4v) is 5.26. The Hall–Kier alpha value is -3.59. The number of anilines is 1. The monoisotopic (exact) mass is 584 g/mol. The average Bonchev–Trinajstić information content (AvgIpc) is 2.82. The molecule has 1 aliphatic carbocycles. The van der Waals surface area contributed by atoms with Crippen LogP contribution in [-0.2, 0) is 19.1 Å². The van der Waals surface area contributed by atoms with E-state index in [0.717, 1.165) is 23.1 Å². The minimum atomic E-state index is -1.14. The molecule has 3 rings (SSSR count). The number of hydrogen-bond acceptors (Lipinski definition) is 5. The molecule has 1 saturated carbocycles. The van der Waals surface area contributed by atoms with Gasteiger partial charge >= 0.3 is 6.09 Å². The van der Waals surface area contributed by atoms with Crippen molar-refractivity contribution in [2.75, 3.05) is 5.32 Å². The van der Waals surface area contributed by atoms with E-state index in [9.17, 15) is 19.2 Å². The van der Waals surface area contributed by atoms with Crippen LogP contribution in [0, 0.1) is 20.8 Å². The van der Waals surface area contributed by atoms with E-state index in [2.05, 4.69) is 10.6 Å². The summed E-state index contributed by atoms with van der Waals surface area (Å²) in [4.78, 5) is 54.7. The Balaban J connectivity index is 2.11. The maximum Gasteiger partial charge on any atom is 0.408 e. The van der Waals surface area contributed by atoms with Crippen molar-refractivity contribution in [2.24, 2.45) is 5.73 Å². The van der Waals surface area contributed by atoms with E-state index in [1.54, 1.807) is 37.8 Å². The first-order valence-corrected chi connectivity index (χ1v) is 14.3. The van der Waals surface area contributed by atoms with E-state index in [-0.39, 0.29) is 18.9 Å². The fraction of sp³-hybridized carbons (Fsp3) is 0.484. The molecule has 0 bridgehead atoms. The standard InChI is InChI=1S/C31H41ClN4O5/c1-18-10-7-11-19(2)25(18)27(28(38)35-26-20(3)12-8-15-22(26)32)36(21-13-9-14-21)29(39)23(16-17-24(33)37)34-30(40)41-31(4,5)6/h7-8,10-12,15,21,23,27H,9,13-14,16-17H2,1-6H3,(H2,33,37)(H,34,40)(H,35,38). The molecule has 1 fully saturated rings. The van der Waals surface area contributed by atoms with Gasteiger partial charge in [0, 0.05) is 12.5 Å². The number of para-hydroxylation sites is 1. The number of nitrogens with zero attached hydrogens (tertiary/aromatic N) is 1. The summed E-state index contributed by atoms with van der Waals surface area (Å²) < 4.78 is 5.41. The van der Waals surface area contributed by atoms with Crippen LogP contribution in [-0.4, -0.2) is 46.4 Å². The van der Waals surface area contributed by atoms with Crippen molar-refractivity contribution in [2.45, 2.75) is 97.4 Å². The number of carbonyl (C=O) groups is 4. The van der Waals surface area contributed by atoms with Crippen LogP contribution in [0.4, 0.5) is 10.5 Å². The molecule has 9 nitrogen and oxygen atoms in total. The summed E-state index contributed by atoms with van der Waals surface area (Å²) in [6.07, 6.45) is 1.31.